The number of carbonyl (C=O) groups is 1. The van der Waals surface area contributed by atoms with Gasteiger partial charge in [0.05, 0.1) is 5.02 Å². The van der Waals surface area contributed by atoms with Crippen LogP contribution in [0.15, 0.2) is 11.4 Å². The second-order valence-corrected chi connectivity index (χ2v) is 5.51. The Bertz CT molecular complexity index is 329. The minimum absolute atomic E-state index is 0.0728. The molecule has 0 spiro atoms. The second-order valence-electron chi connectivity index (χ2n) is 3.39. The second kappa shape index (κ2) is 6.51. The summed E-state index contributed by atoms with van der Waals surface area (Å²) in [6.07, 6.45) is 1.05. The van der Waals surface area contributed by atoms with Crippen LogP contribution in [0.2, 0.25) is 5.02 Å². The van der Waals surface area contributed by atoms with Crippen molar-refractivity contribution in [3.05, 3.63) is 21.3 Å². The van der Waals surface area contributed by atoms with Crippen LogP contribution in [0.4, 0.5) is 0 Å². The number of carbonyl (C=O) groups excluding carboxylic acids is 1. The SMILES string of the molecule is CC(CCBr)CNC(=O)c1sccc1Cl. The predicted molar refractivity (Wildman–Crippen MR) is 69.2 cm³/mol. The van der Waals surface area contributed by atoms with E-state index in [4.69, 9.17) is 11.6 Å². The first-order valence-corrected chi connectivity index (χ1v) is 7.10. The van der Waals surface area contributed by atoms with Gasteiger partial charge in [0.2, 0.25) is 0 Å². The van der Waals surface area contributed by atoms with E-state index in [1.165, 1.54) is 11.3 Å². The highest BCUT2D eigenvalue weighted by atomic mass is 79.9. The zero-order chi connectivity index (χ0) is 11.3. The van der Waals surface area contributed by atoms with E-state index in [0.29, 0.717) is 22.4 Å². The number of hydrogen-bond donors (Lipinski definition) is 1. The summed E-state index contributed by atoms with van der Waals surface area (Å²) < 4.78 is 0. The van der Waals surface area contributed by atoms with Crippen molar-refractivity contribution >= 4 is 44.8 Å². The van der Waals surface area contributed by atoms with E-state index in [2.05, 4.69) is 28.2 Å². The minimum Gasteiger partial charge on any atom is -0.351 e. The molecule has 1 aromatic heterocycles. The lowest BCUT2D eigenvalue weighted by Crippen LogP contribution is -2.27. The molecule has 0 bridgehead atoms. The minimum atomic E-state index is -0.0728. The third-order valence-electron chi connectivity index (χ3n) is 2.04. The van der Waals surface area contributed by atoms with Gasteiger partial charge in [-0.2, -0.15) is 0 Å². The number of hydrogen-bond acceptors (Lipinski definition) is 2. The Morgan fingerprint density at radius 2 is 2.47 bits per heavy atom. The maximum absolute atomic E-state index is 11.6. The van der Waals surface area contributed by atoms with Crippen LogP contribution in [0.5, 0.6) is 0 Å². The van der Waals surface area contributed by atoms with E-state index < -0.39 is 0 Å². The third kappa shape index (κ3) is 4.13. The van der Waals surface area contributed by atoms with Gasteiger partial charge in [-0.3, -0.25) is 4.79 Å². The van der Waals surface area contributed by atoms with E-state index in [9.17, 15) is 4.79 Å². The van der Waals surface area contributed by atoms with Crippen molar-refractivity contribution in [3.8, 4) is 0 Å². The maximum atomic E-state index is 11.6. The lowest BCUT2D eigenvalue weighted by molar-refractivity contribution is 0.0952. The quantitative estimate of drug-likeness (QED) is 0.828. The first-order valence-electron chi connectivity index (χ1n) is 4.72. The van der Waals surface area contributed by atoms with Crippen molar-refractivity contribution in [3.63, 3.8) is 0 Å². The fourth-order valence-electron chi connectivity index (χ4n) is 1.09. The molecule has 0 aliphatic heterocycles. The molecule has 1 amide bonds. The molecule has 15 heavy (non-hydrogen) atoms. The van der Waals surface area contributed by atoms with Gasteiger partial charge < -0.3 is 5.32 Å². The summed E-state index contributed by atoms with van der Waals surface area (Å²) in [6.45, 7) is 2.80. The predicted octanol–water partition coefficient (Wildman–Crippen LogP) is 3.55. The molecule has 0 fully saturated rings. The van der Waals surface area contributed by atoms with Gasteiger partial charge in [0.15, 0.2) is 0 Å². The number of rotatable bonds is 5. The maximum Gasteiger partial charge on any atom is 0.262 e. The molecule has 0 aliphatic carbocycles. The highest BCUT2D eigenvalue weighted by molar-refractivity contribution is 9.09. The van der Waals surface area contributed by atoms with Gasteiger partial charge in [-0.15, -0.1) is 11.3 Å². The van der Waals surface area contributed by atoms with Crippen molar-refractivity contribution in [1.82, 2.24) is 5.32 Å². The molecular formula is C10H13BrClNOS. The van der Waals surface area contributed by atoms with Crippen molar-refractivity contribution in [2.75, 3.05) is 11.9 Å². The van der Waals surface area contributed by atoms with Crippen LogP contribution in [0.3, 0.4) is 0 Å². The smallest absolute Gasteiger partial charge is 0.262 e. The molecular weight excluding hydrogens is 298 g/mol. The van der Waals surface area contributed by atoms with Crippen LogP contribution in [-0.4, -0.2) is 17.8 Å². The molecule has 1 rings (SSSR count). The number of thiophene rings is 1. The molecule has 0 aliphatic rings. The van der Waals surface area contributed by atoms with Gasteiger partial charge in [-0.1, -0.05) is 34.5 Å². The summed E-state index contributed by atoms with van der Waals surface area (Å²) in [4.78, 5) is 12.2. The van der Waals surface area contributed by atoms with Crippen LogP contribution < -0.4 is 5.32 Å². The van der Waals surface area contributed by atoms with E-state index in [-0.39, 0.29) is 5.91 Å². The molecule has 1 N–H and O–H groups in total. The van der Waals surface area contributed by atoms with E-state index in [1.807, 2.05) is 5.38 Å². The zero-order valence-corrected chi connectivity index (χ0v) is 11.6. The van der Waals surface area contributed by atoms with Crippen molar-refractivity contribution in [2.24, 2.45) is 5.92 Å². The number of amides is 1. The first-order chi connectivity index (χ1) is 7.15. The van der Waals surface area contributed by atoms with Crippen molar-refractivity contribution < 1.29 is 4.79 Å². The van der Waals surface area contributed by atoms with E-state index in [0.717, 1.165) is 11.8 Å². The monoisotopic (exact) mass is 309 g/mol. The molecule has 1 aromatic rings. The van der Waals surface area contributed by atoms with Gasteiger partial charge in [0, 0.05) is 11.9 Å². The number of alkyl halides is 1. The van der Waals surface area contributed by atoms with Crippen molar-refractivity contribution in [2.45, 2.75) is 13.3 Å². The zero-order valence-electron chi connectivity index (χ0n) is 8.43. The normalized spacial score (nSPS) is 12.5. The average molecular weight is 311 g/mol. The number of halogens is 2. The Morgan fingerprint density at radius 1 is 1.73 bits per heavy atom. The van der Waals surface area contributed by atoms with Gasteiger partial charge in [-0.05, 0) is 23.8 Å². The van der Waals surface area contributed by atoms with Crippen LogP contribution in [0.25, 0.3) is 0 Å². The molecule has 5 heteroatoms. The number of nitrogens with one attached hydrogen (secondary N) is 1. The molecule has 0 radical (unpaired) electrons. The summed E-state index contributed by atoms with van der Waals surface area (Å²) in [5.41, 5.74) is 0. The van der Waals surface area contributed by atoms with Crippen LogP contribution in [0, 0.1) is 5.92 Å². The summed E-state index contributed by atoms with van der Waals surface area (Å²) in [7, 11) is 0. The standard InChI is InChI=1S/C10H13BrClNOS/c1-7(2-4-11)6-13-10(14)9-8(12)3-5-15-9/h3,5,7H,2,4,6H2,1H3,(H,13,14). The molecule has 0 saturated carbocycles. The summed E-state index contributed by atoms with van der Waals surface area (Å²) in [5, 5.41) is 6.19. The average Bonchev–Trinajstić information content (AvgIpc) is 2.61. The van der Waals surface area contributed by atoms with E-state index in [1.54, 1.807) is 6.07 Å². The lowest BCUT2D eigenvalue weighted by Gasteiger charge is -2.10. The molecule has 1 heterocycles. The Morgan fingerprint density at radius 3 is 3.00 bits per heavy atom. The van der Waals surface area contributed by atoms with E-state index >= 15 is 0 Å². The Balaban J connectivity index is 2.40. The molecule has 0 aromatic carbocycles. The van der Waals surface area contributed by atoms with Crippen LogP contribution in [-0.2, 0) is 0 Å². The van der Waals surface area contributed by atoms with Gasteiger partial charge in [-0.25, -0.2) is 0 Å². The Labute approximate surface area is 107 Å². The van der Waals surface area contributed by atoms with Crippen molar-refractivity contribution in [1.29, 1.82) is 0 Å². The Kier molecular flexibility index (Phi) is 5.64. The summed E-state index contributed by atoms with van der Waals surface area (Å²) in [5.74, 6) is 0.406. The molecule has 2 nitrogen and oxygen atoms in total. The lowest BCUT2D eigenvalue weighted by atomic mass is 10.1. The highest BCUT2D eigenvalue weighted by Gasteiger charge is 2.12. The molecule has 1 unspecified atom stereocenters. The van der Waals surface area contributed by atoms with Gasteiger partial charge in [0.25, 0.3) is 5.91 Å². The highest BCUT2D eigenvalue weighted by Crippen LogP contribution is 2.21. The van der Waals surface area contributed by atoms with Crippen LogP contribution in [0.1, 0.15) is 23.0 Å². The van der Waals surface area contributed by atoms with Crippen LogP contribution >= 0.6 is 38.9 Å². The molecule has 84 valence electrons. The van der Waals surface area contributed by atoms with Gasteiger partial charge >= 0.3 is 0 Å². The fourth-order valence-corrected chi connectivity index (χ4v) is 2.93. The largest absolute Gasteiger partial charge is 0.351 e. The fraction of sp³-hybridized carbons (Fsp3) is 0.500. The molecule has 0 saturated heterocycles. The summed E-state index contributed by atoms with van der Waals surface area (Å²) >= 11 is 10.6. The topological polar surface area (TPSA) is 29.1 Å². The van der Waals surface area contributed by atoms with Gasteiger partial charge in [0.1, 0.15) is 4.88 Å². The molecule has 1 atom stereocenters. The first kappa shape index (κ1) is 13.0. The summed E-state index contributed by atoms with van der Waals surface area (Å²) in [6, 6.07) is 1.74. The third-order valence-corrected chi connectivity index (χ3v) is 3.83. The Hall–Kier alpha value is -0.0600.